The van der Waals surface area contributed by atoms with Gasteiger partial charge < -0.3 is 4.90 Å². The highest BCUT2D eigenvalue weighted by atomic mass is 27.2. The molecule has 19 heavy (non-hydrogen) atoms. The van der Waals surface area contributed by atoms with Gasteiger partial charge in [-0.05, 0) is 19.7 Å². The van der Waals surface area contributed by atoms with Crippen LogP contribution in [0.15, 0.2) is 24.3 Å². The highest BCUT2D eigenvalue weighted by Crippen LogP contribution is 2.16. The lowest BCUT2D eigenvalue weighted by molar-refractivity contribution is 0.403. The van der Waals surface area contributed by atoms with Gasteiger partial charge >= 0.3 is 14.1 Å². The number of rotatable bonds is 7. The predicted molar refractivity (Wildman–Crippen MR) is 88.5 cm³/mol. The normalized spacial score (nSPS) is 11.6. The Balaban J connectivity index is 2.99. The third kappa shape index (κ3) is 6.13. The van der Waals surface area contributed by atoms with Crippen LogP contribution in [0.1, 0.15) is 33.3 Å². The van der Waals surface area contributed by atoms with E-state index in [1.165, 1.54) is 10.6 Å². The van der Waals surface area contributed by atoms with Crippen molar-refractivity contribution < 1.29 is 0 Å². The maximum Gasteiger partial charge on any atom is 0.306 e. The van der Waals surface area contributed by atoms with Gasteiger partial charge in [-0.3, -0.25) is 0 Å². The molecule has 0 saturated carbocycles. The van der Waals surface area contributed by atoms with Gasteiger partial charge in [-0.15, -0.1) is 4.43 Å². The minimum absolute atomic E-state index is 0.822. The summed E-state index contributed by atoms with van der Waals surface area (Å²) in [6.45, 7) is 10.6. The molecule has 0 aliphatic carbocycles. The van der Waals surface area contributed by atoms with Crippen molar-refractivity contribution in [2.24, 2.45) is 11.8 Å². The zero-order valence-electron chi connectivity index (χ0n) is 13.6. The van der Waals surface area contributed by atoms with Gasteiger partial charge in [0.25, 0.3) is 0 Å². The highest BCUT2D eigenvalue weighted by Gasteiger charge is 2.24. The zero-order chi connectivity index (χ0) is 14.4. The summed E-state index contributed by atoms with van der Waals surface area (Å²) in [4.78, 5) is 2.29. The van der Waals surface area contributed by atoms with Crippen LogP contribution in [0.25, 0.3) is 0 Å². The average molecular weight is 275 g/mol. The SMILES string of the molecule is CC(C)[CH2][Al]([CH2]C(C)C)[c]1ccccc1CN(C)C. The van der Waals surface area contributed by atoms with Gasteiger partial charge in [0.1, 0.15) is 0 Å². The maximum atomic E-state index is 2.40. The molecule has 0 saturated heterocycles. The molecule has 0 aromatic heterocycles. The van der Waals surface area contributed by atoms with Crippen molar-refractivity contribution in [3.8, 4) is 0 Å². The van der Waals surface area contributed by atoms with Gasteiger partial charge in [-0.2, -0.15) is 0 Å². The Hall–Kier alpha value is -0.288. The van der Waals surface area contributed by atoms with Gasteiger partial charge in [0.05, 0.1) is 0 Å². The second-order valence-electron chi connectivity index (χ2n) is 6.89. The Morgan fingerprint density at radius 3 is 1.95 bits per heavy atom. The fourth-order valence-electron chi connectivity index (χ4n) is 2.91. The molecule has 1 aromatic rings. The first-order chi connectivity index (χ1) is 8.90. The van der Waals surface area contributed by atoms with Gasteiger partial charge in [0.2, 0.25) is 0 Å². The summed E-state index contributed by atoms with van der Waals surface area (Å²) in [6, 6.07) is 9.16. The summed E-state index contributed by atoms with van der Waals surface area (Å²) in [7, 11) is 4.33. The van der Waals surface area contributed by atoms with Crippen LogP contribution >= 0.6 is 0 Å². The third-order valence-corrected chi connectivity index (χ3v) is 7.96. The van der Waals surface area contributed by atoms with Crippen molar-refractivity contribution in [2.45, 2.75) is 44.8 Å². The topological polar surface area (TPSA) is 3.24 Å². The van der Waals surface area contributed by atoms with Crippen LogP contribution in [0.5, 0.6) is 0 Å². The summed E-state index contributed by atoms with van der Waals surface area (Å²) >= 11 is -0.833. The van der Waals surface area contributed by atoms with E-state index in [0.29, 0.717) is 0 Å². The summed E-state index contributed by atoms with van der Waals surface area (Å²) < 4.78 is 1.71. The molecule has 0 spiro atoms. The van der Waals surface area contributed by atoms with Crippen molar-refractivity contribution in [1.29, 1.82) is 0 Å². The van der Waals surface area contributed by atoms with E-state index in [1.807, 2.05) is 0 Å². The second kappa shape index (κ2) is 8.10. The lowest BCUT2D eigenvalue weighted by atomic mass is 10.2. The Morgan fingerprint density at radius 1 is 0.947 bits per heavy atom. The van der Waals surface area contributed by atoms with Gasteiger partial charge in [-0.1, -0.05) is 74.4 Å². The van der Waals surface area contributed by atoms with Crippen molar-refractivity contribution in [3.05, 3.63) is 29.8 Å². The zero-order valence-corrected chi connectivity index (χ0v) is 14.8. The molecule has 0 radical (unpaired) electrons. The van der Waals surface area contributed by atoms with E-state index in [1.54, 1.807) is 9.99 Å². The first-order valence-corrected chi connectivity index (χ1v) is 9.83. The van der Waals surface area contributed by atoms with Crippen LogP contribution in [0.2, 0.25) is 10.6 Å². The molecule has 1 nitrogen and oxygen atoms in total. The molecule has 0 unspecified atom stereocenters. The molecule has 0 fully saturated rings. The quantitative estimate of drug-likeness (QED) is 0.685. The molecule has 0 N–H and O–H groups in total. The number of hydrogen-bond acceptors (Lipinski definition) is 1. The molecular formula is C17H30AlN. The van der Waals surface area contributed by atoms with Gasteiger partial charge in [0.15, 0.2) is 0 Å². The van der Waals surface area contributed by atoms with Crippen molar-refractivity contribution in [2.75, 3.05) is 14.1 Å². The van der Waals surface area contributed by atoms with Crippen molar-refractivity contribution in [3.63, 3.8) is 0 Å². The number of hydrogen-bond donors (Lipinski definition) is 0. The van der Waals surface area contributed by atoms with E-state index in [4.69, 9.17) is 0 Å². The molecule has 106 valence electrons. The number of benzene rings is 1. The van der Waals surface area contributed by atoms with E-state index in [0.717, 1.165) is 18.4 Å². The minimum Gasteiger partial charge on any atom is -0.305 e. The molecule has 1 rings (SSSR count). The van der Waals surface area contributed by atoms with E-state index in [9.17, 15) is 0 Å². The van der Waals surface area contributed by atoms with Crippen LogP contribution < -0.4 is 4.43 Å². The standard InChI is InChI=1S/C9H12N.2C4H9.Al/c1-10(2)8-9-6-4-3-5-7-9;2*1-4(2)3;/h3-6H,8H2,1-2H3;2*4H,1H2,2-3H3;. The Labute approximate surface area is 124 Å². The van der Waals surface area contributed by atoms with E-state index in [2.05, 4.69) is 71.0 Å². The van der Waals surface area contributed by atoms with Crippen molar-refractivity contribution in [1.82, 2.24) is 4.90 Å². The molecule has 1 aromatic carbocycles. The van der Waals surface area contributed by atoms with E-state index in [-0.39, 0.29) is 0 Å². The monoisotopic (exact) mass is 275 g/mol. The van der Waals surface area contributed by atoms with Crippen LogP contribution in [0.3, 0.4) is 0 Å². The molecular weight excluding hydrogens is 245 g/mol. The summed E-state index contributed by atoms with van der Waals surface area (Å²) in [6.07, 6.45) is 0. The minimum atomic E-state index is -0.833. The van der Waals surface area contributed by atoms with Crippen molar-refractivity contribution >= 4 is 18.6 Å². The van der Waals surface area contributed by atoms with Crippen LogP contribution in [-0.2, 0) is 6.54 Å². The summed E-state index contributed by atoms with van der Waals surface area (Å²) in [5, 5.41) is 2.87. The van der Waals surface area contributed by atoms with Crippen LogP contribution in [-0.4, -0.2) is 33.1 Å². The summed E-state index contributed by atoms with van der Waals surface area (Å²) in [5.41, 5.74) is 1.56. The average Bonchev–Trinajstić information content (AvgIpc) is 2.26. The third-order valence-electron chi connectivity index (χ3n) is 3.49. The van der Waals surface area contributed by atoms with Gasteiger partial charge in [0, 0.05) is 6.54 Å². The molecule has 0 amide bonds. The Morgan fingerprint density at radius 2 is 1.47 bits per heavy atom. The largest absolute Gasteiger partial charge is 0.306 e. The predicted octanol–water partition coefficient (Wildman–Crippen LogP) is 3.76. The van der Waals surface area contributed by atoms with Crippen LogP contribution in [0, 0.1) is 11.8 Å². The van der Waals surface area contributed by atoms with E-state index < -0.39 is 14.1 Å². The molecule has 2 heteroatoms. The van der Waals surface area contributed by atoms with Gasteiger partial charge in [-0.25, -0.2) is 0 Å². The molecule has 0 heterocycles. The molecule has 0 atom stereocenters. The fraction of sp³-hybridized carbons (Fsp3) is 0.647. The van der Waals surface area contributed by atoms with E-state index >= 15 is 0 Å². The number of nitrogens with zero attached hydrogens (tertiary/aromatic N) is 1. The first kappa shape index (κ1) is 16.8. The first-order valence-electron chi connectivity index (χ1n) is 7.62. The molecule has 0 aliphatic rings. The maximum absolute atomic E-state index is 2.40. The second-order valence-corrected chi connectivity index (χ2v) is 9.85. The Kier molecular flexibility index (Phi) is 7.15. The Bertz CT molecular complexity index is 361. The smallest absolute Gasteiger partial charge is 0.305 e. The fourth-order valence-corrected chi connectivity index (χ4v) is 6.98. The lowest BCUT2D eigenvalue weighted by Crippen LogP contribution is -2.36. The lowest BCUT2D eigenvalue weighted by Gasteiger charge is -2.21. The van der Waals surface area contributed by atoms with Crippen LogP contribution in [0.4, 0.5) is 0 Å². The molecule has 0 bridgehead atoms. The highest BCUT2D eigenvalue weighted by molar-refractivity contribution is 6.73. The molecule has 0 aliphatic heterocycles. The summed E-state index contributed by atoms with van der Waals surface area (Å²) in [5.74, 6) is 1.64.